The quantitative estimate of drug-likeness (QED) is 0.429. The van der Waals surface area contributed by atoms with Gasteiger partial charge in [0.2, 0.25) is 0 Å². The Hall–Kier alpha value is 2.06. The molecule has 0 bridgehead atoms. The SMILES string of the molecule is [Cl-].[Cl-].[Cl-].[Cl-].[Cl-].[Ir].[NH4+]. The van der Waals surface area contributed by atoms with Crippen LogP contribution >= 0.6 is 0 Å². The Morgan fingerprint density at radius 3 is 0.429 bits per heavy atom. The molecule has 0 unspecified atom stereocenters. The second-order valence-corrected chi connectivity index (χ2v) is 0. The van der Waals surface area contributed by atoms with Gasteiger partial charge in [-0.1, -0.05) is 0 Å². The summed E-state index contributed by atoms with van der Waals surface area (Å²) in [5.41, 5.74) is 0. The predicted molar refractivity (Wildman–Crippen MR) is 5.98 cm³/mol. The third kappa shape index (κ3) is 69.8. The first-order valence-corrected chi connectivity index (χ1v) is 0. The molecule has 0 heterocycles. The fourth-order valence-electron chi connectivity index (χ4n) is 0. The second kappa shape index (κ2) is 94.7. The standard InChI is InChI=1S/5ClH.Ir.H3N/h5*1H;;1H3/p-4. The molecule has 0 aromatic carbocycles. The average molecular weight is 388 g/mol. The van der Waals surface area contributed by atoms with Crippen molar-refractivity contribution in [1.82, 2.24) is 6.15 Å². The molecule has 0 aliphatic rings. The van der Waals surface area contributed by atoms with Gasteiger partial charge in [0.1, 0.15) is 0 Å². The number of quaternary nitrogens is 1. The molecule has 7 heteroatoms. The molecule has 0 saturated carbocycles. The van der Waals surface area contributed by atoms with Gasteiger partial charge in [-0.05, 0) is 0 Å². The van der Waals surface area contributed by atoms with Gasteiger partial charge in [0.05, 0.1) is 0 Å². The number of hydrogen-bond donors (Lipinski definition) is 1. The van der Waals surface area contributed by atoms with E-state index in [2.05, 4.69) is 0 Å². The molecule has 57 valence electrons. The van der Waals surface area contributed by atoms with Crippen molar-refractivity contribution in [2.75, 3.05) is 0 Å². The third-order valence-electron chi connectivity index (χ3n) is 0. The van der Waals surface area contributed by atoms with E-state index in [9.17, 15) is 0 Å². The molecule has 0 saturated heterocycles. The summed E-state index contributed by atoms with van der Waals surface area (Å²) in [6.45, 7) is 0. The minimum atomic E-state index is 0. The van der Waals surface area contributed by atoms with Crippen LogP contribution in [-0.4, -0.2) is 0 Å². The topological polar surface area (TPSA) is 36.5 Å². The summed E-state index contributed by atoms with van der Waals surface area (Å²) in [7, 11) is 0. The first kappa shape index (κ1) is 139. The van der Waals surface area contributed by atoms with Crippen LogP contribution in [0.3, 0.4) is 0 Å². The second-order valence-electron chi connectivity index (χ2n) is 0. The maximum absolute atomic E-state index is 0. The van der Waals surface area contributed by atoms with Crippen LogP contribution in [0.1, 0.15) is 0 Å². The zero-order chi connectivity index (χ0) is 0. The van der Waals surface area contributed by atoms with E-state index in [4.69, 9.17) is 0 Å². The molecule has 1 radical (unpaired) electrons. The maximum atomic E-state index is 0. The zero-order valence-electron chi connectivity index (χ0n) is 3.22. The molecule has 0 atom stereocenters. The first-order valence-electron chi connectivity index (χ1n) is 0. The Labute approximate surface area is 87.7 Å². The minimum Gasteiger partial charge on any atom is -1.00 e. The third-order valence-corrected chi connectivity index (χ3v) is 0. The van der Waals surface area contributed by atoms with E-state index in [1.807, 2.05) is 0 Å². The summed E-state index contributed by atoms with van der Waals surface area (Å²) in [6, 6.07) is 0. The predicted octanol–water partition coefficient (Wildman–Crippen LogP) is -14.6. The summed E-state index contributed by atoms with van der Waals surface area (Å²) in [5, 5.41) is 0. The van der Waals surface area contributed by atoms with Crippen LogP contribution in [0.2, 0.25) is 0 Å². The monoisotopic (exact) mass is 386 g/mol. The van der Waals surface area contributed by atoms with Crippen molar-refractivity contribution in [3.63, 3.8) is 0 Å². The Bertz CT molecular complexity index is 8.04. The summed E-state index contributed by atoms with van der Waals surface area (Å²) < 4.78 is 0. The minimum absolute atomic E-state index is 0. The molecule has 0 aromatic rings. The molecule has 7 heavy (non-hydrogen) atoms. The van der Waals surface area contributed by atoms with Gasteiger partial charge >= 0.3 is 0 Å². The van der Waals surface area contributed by atoms with Crippen molar-refractivity contribution < 1.29 is 82.1 Å². The number of hydrogen-bond acceptors (Lipinski definition) is 0. The van der Waals surface area contributed by atoms with Gasteiger partial charge in [0.25, 0.3) is 0 Å². The van der Waals surface area contributed by atoms with Gasteiger partial charge in [0.15, 0.2) is 0 Å². The number of halogens is 5. The van der Waals surface area contributed by atoms with Crippen molar-refractivity contribution in [3.8, 4) is 0 Å². The molecule has 1 nitrogen and oxygen atoms in total. The largest absolute Gasteiger partial charge is 1.00 e. The van der Waals surface area contributed by atoms with Crippen LogP contribution in [0, 0.1) is 0 Å². The maximum Gasteiger partial charge on any atom is 0 e. The van der Waals surface area contributed by atoms with E-state index in [1.54, 1.807) is 0 Å². The van der Waals surface area contributed by atoms with Crippen molar-refractivity contribution in [3.05, 3.63) is 0 Å². The van der Waals surface area contributed by atoms with E-state index in [0.717, 1.165) is 0 Å². The van der Waals surface area contributed by atoms with E-state index in [0.29, 0.717) is 0 Å². The normalized spacial score (nSPS) is 0. The van der Waals surface area contributed by atoms with Crippen molar-refractivity contribution >= 4 is 0 Å². The van der Waals surface area contributed by atoms with E-state index in [-0.39, 0.29) is 88.3 Å². The number of rotatable bonds is 0. The molecule has 0 rings (SSSR count). The first-order chi connectivity index (χ1) is 0. The Morgan fingerprint density at radius 1 is 0.429 bits per heavy atom. The molecule has 0 fully saturated rings. The van der Waals surface area contributed by atoms with E-state index >= 15 is 0 Å². The van der Waals surface area contributed by atoms with Gasteiger partial charge in [0, 0.05) is 20.1 Å². The molecular weight excluding hydrogens is 383 g/mol. The molecule has 0 amide bonds. The fraction of sp³-hybridized carbons (Fsp3) is 0. The smallest absolute Gasteiger partial charge is 0 e. The van der Waals surface area contributed by atoms with Crippen LogP contribution in [0.4, 0.5) is 0 Å². The molecule has 0 aliphatic heterocycles. The van der Waals surface area contributed by atoms with Crippen LogP contribution in [-0.2, 0) is 20.1 Å². The van der Waals surface area contributed by atoms with Crippen LogP contribution in [0.15, 0.2) is 0 Å². The van der Waals surface area contributed by atoms with E-state index in [1.165, 1.54) is 0 Å². The van der Waals surface area contributed by atoms with Gasteiger partial charge in [-0.25, -0.2) is 0 Å². The van der Waals surface area contributed by atoms with Crippen LogP contribution in [0.5, 0.6) is 0 Å². The molecular formula is H4Cl5IrN-4. The summed E-state index contributed by atoms with van der Waals surface area (Å²) in [4.78, 5) is 0. The van der Waals surface area contributed by atoms with Crippen molar-refractivity contribution in [1.29, 1.82) is 0 Å². The Morgan fingerprint density at radius 2 is 0.429 bits per heavy atom. The van der Waals surface area contributed by atoms with Gasteiger partial charge in [-0.15, -0.1) is 0 Å². The summed E-state index contributed by atoms with van der Waals surface area (Å²) in [5.74, 6) is 0. The molecule has 0 aromatic heterocycles. The van der Waals surface area contributed by atoms with Gasteiger partial charge in [-0.3, -0.25) is 0 Å². The van der Waals surface area contributed by atoms with Crippen molar-refractivity contribution in [2.45, 2.75) is 0 Å². The molecule has 0 spiro atoms. The van der Waals surface area contributed by atoms with E-state index < -0.39 is 0 Å². The van der Waals surface area contributed by atoms with Crippen molar-refractivity contribution in [2.24, 2.45) is 0 Å². The summed E-state index contributed by atoms with van der Waals surface area (Å²) in [6.07, 6.45) is 0. The van der Waals surface area contributed by atoms with Gasteiger partial charge < -0.3 is 68.2 Å². The Kier molecular flexibility index (Phi) is 1880. The molecule has 4 N–H and O–H groups in total. The van der Waals surface area contributed by atoms with Crippen LogP contribution < -0.4 is 68.2 Å². The Balaban J connectivity index is 0. The van der Waals surface area contributed by atoms with Gasteiger partial charge in [-0.2, -0.15) is 0 Å². The zero-order valence-corrected chi connectivity index (χ0v) is 9.40. The molecule has 0 aliphatic carbocycles. The summed E-state index contributed by atoms with van der Waals surface area (Å²) >= 11 is 0. The average Bonchev–Trinajstić information content (AvgIpc) is 0. The van der Waals surface area contributed by atoms with Crippen LogP contribution in [0.25, 0.3) is 0 Å². The fourth-order valence-corrected chi connectivity index (χ4v) is 0.